The molecule has 1 atom stereocenters. The van der Waals surface area contributed by atoms with Gasteiger partial charge in [-0.2, -0.15) is 0 Å². The van der Waals surface area contributed by atoms with E-state index in [1.807, 2.05) is 38.1 Å². The van der Waals surface area contributed by atoms with E-state index >= 15 is 0 Å². The molecule has 1 aromatic carbocycles. The zero-order chi connectivity index (χ0) is 11.5. The van der Waals surface area contributed by atoms with Gasteiger partial charge in [0.2, 0.25) is 5.91 Å². The van der Waals surface area contributed by atoms with E-state index in [2.05, 4.69) is 5.32 Å². The van der Waals surface area contributed by atoms with Crippen LogP contribution in [0, 0.1) is 0 Å². The summed E-state index contributed by atoms with van der Waals surface area (Å²) in [5.41, 5.74) is 1.13. The molecule has 1 aromatic rings. The summed E-state index contributed by atoms with van der Waals surface area (Å²) in [5.74, 6) is 1.28. The van der Waals surface area contributed by atoms with Crippen molar-refractivity contribution in [3.63, 3.8) is 0 Å². The molecule has 1 saturated heterocycles. The molecule has 16 heavy (non-hydrogen) atoms. The van der Waals surface area contributed by atoms with Crippen molar-refractivity contribution in [1.82, 2.24) is 5.32 Å². The molecule has 1 N–H and O–H groups in total. The van der Waals surface area contributed by atoms with E-state index in [1.165, 1.54) is 0 Å². The van der Waals surface area contributed by atoms with E-state index in [0.717, 1.165) is 17.9 Å². The molecule has 1 heterocycles. The predicted molar refractivity (Wildman–Crippen MR) is 62.6 cm³/mol. The van der Waals surface area contributed by atoms with Crippen molar-refractivity contribution in [1.29, 1.82) is 0 Å². The average Bonchev–Trinajstić information content (AvgIpc) is 2.65. The van der Waals surface area contributed by atoms with Crippen molar-refractivity contribution in [2.75, 3.05) is 6.54 Å². The monoisotopic (exact) mass is 219 g/mol. The summed E-state index contributed by atoms with van der Waals surface area (Å²) in [4.78, 5) is 11.2. The highest BCUT2D eigenvalue weighted by atomic mass is 16.5. The molecule has 0 aromatic heterocycles. The molecule has 0 bridgehead atoms. The number of rotatable bonds is 3. The summed E-state index contributed by atoms with van der Waals surface area (Å²) in [6.45, 7) is 4.74. The Balaban J connectivity index is 2.22. The van der Waals surface area contributed by atoms with Crippen molar-refractivity contribution in [3.05, 3.63) is 29.8 Å². The second kappa shape index (κ2) is 4.56. The van der Waals surface area contributed by atoms with Gasteiger partial charge in [0, 0.05) is 18.9 Å². The van der Waals surface area contributed by atoms with Crippen molar-refractivity contribution < 1.29 is 9.53 Å². The molecule has 0 spiro atoms. The lowest BCUT2D eigenvalue weighted by molar-refractivity contribution is -0.119. The number of benzene rings is 1. The molecule has 1 aliphatic rings. The highest BCUT2D eigenvalue weighted by molar-refractivity contribution is 5.79. The van der Waals surface area contributed by atoms with E-state index in [9.17, 15) is 4.79 Å². The molecule has 1 aliphatic heterocycles. The van der Waals surface area contributed by atoms with E-state index in [4.69, 9.17) is 4.74 Å². The van der Waals surface area contributed by atoms with Crippen LogP contribution in [0.5, 0.6) is 5.75 Å². The first kappa shape index (κ1) is 11.0. The van der Waals surface area contributed by atoms with Crippen LogP contribution in [-0.4, -0.2) is 18.6 Å². The molecular weight excluding hydrogens is 202 g/mol. The molecule has 1 amide bonds. The second-order valence-electron chi connectivity index (χ2n) is 4.41. The van der Waals surface area contributed by atoms with E-state index < -0.39 is 0 Å². The van der Waals surface area contributed by atoms with Crippen LogP contribution in [0.3, 0.4) is 0 Å². The predicted octanol–water partition coefficient (Wildman–Crippen LogP) is 2.08. The molecule has 0 aliphatic carbocycles. The molecular formula is C13H17NO2. The van der Waals surface area contributed by atoms with Crippen LogP contribution in [0.15, 0.2) is 24.3 Å². The third-order valence-corrected chi connectivity index (χ3v) is 2.70. The largest absolute Gasteiger partial charge is 0.491 e. The Morgan fingerprint density at radius 3 is 2.75 bits per heavy atom. The van der Waals surface area contributed by atoms with Gasteiger partial charge in [-0.1, -0.05) is 18.2 Å². The summed E-state index contributed by atoms with van der Waals surface area (Å²) < 4.78 is 5.75. The van der Waals surface area contributed by atoms with Crippen molar-refractivity contribution >= 4 is 5.91 Å². The lowest BCUT2D eigenvalue weighted by Gasteiger charge is -2.17. The number of ether oxygens (including phenoxy) is 1. The Labute approximate surface area is 95.8 Å². The zero-order valence-electron chi connectivity index (χ0n) is 9.69. The molecule has 0 saturated carbocycles. The van der Waals surface area contributed by atoms with Crippen molar-refractivity contribution in [3.8, 4) is 5.75 Å². The molecule has 3 heteroatoms. The lowest BCUT2D eigenvalue weighted by atomic mass is 9.97. The maximum atomic E-state index is 11.2. The molecule has 2 rings (SSSR count). The SMILES string of the molecule is CC(C)Oc1ccccc1C1CNC(=O)C1. The average molecular weight is 219 g/mol. The Morgan fingerprint density at radius 2 is 2.12 bits per heavy atom. The van der Waals surface area contributed by atoms with Gasteiger partial charge in [-0.3, -0.25) is 4.79 Å². The summed E-state index contributed by atoms with van der Waals surface area (Å²) in [6, 6.07) is 7.97. The minimum Gasteiger partial charge on any atom is -0.491 e. The van der Waals surface area contributed by atoms with Gasteiger partial charge in [0.25, 0.3) is 0 Å². The van der Waals surface area contributed by atoms with E-state index in [-0.39, 0.29) is 17.9 Å². The van der Waals surface area contributed by atoms with E-state index in [1.54, 1.807) is 0 Å². The quantitative estimate of drug-likeness (QED) is 0.845. The van der Waals surface area contributed by atoms with Gasteiger partial charge in [0.15, 0.2) is 0 Å². The fraction of sp³-hybridized carbons (Fsp3) is 0.462. The molecule has 86 valence electrons. The third kappa shape index (κ3) is 2.35. The summed E-state index contributed by atoms with van der Waals surface area (Å²) in [7, 11) is 0. The summed E-state index contributed by atoms with van der Waals surface area (Å²) >= 11 is 0. The Kier molecular flexibility index (Phi) is 3.13. The number of carbonyl (C=O) groups is 1. The second-order valence-corrected chi connectivity index (χ2v) is 4.41. The van der Waals surface area contributed by atoms with Crippen LogP contribution in [0.1, 0.15) is 31.7 Å². The molecule has 1 unspecified atom stereocenters. The smallest absolute Gasteiger partial charge is 0.220 e. The Bertz CT molecular complexity index is 387. The van der Waals surface area contributed by atoms with Gasteiger partial charge in [-0.25, -0.2) is 0 Å². The summed E-state index contributed by atoms with van der Waals surface area (Å²) in [6.07, 6.45) is 0.726. The Morgan fingerprint density at radius 1 is 1.38 bits per heavy atom. The van der Waals surface area contributed by atoms with Crippen LogP contribution in [0.25, 0.3) is 0 Å². The highest BCUT2D eigenvalue weighted by Gasteiger charge is 2.25. The van der Waals surface area contributed by atoms with Crippen LogP contribution in [-0.2, 0) is 4.79 Å². The Hall–Kier alpha value is -1.51. The first-order valence-electron chi connectivity index (χ1n) is 5.69. The van der Waals surface area contributed by atoms with Gasteiger partial charge in [-0.15, -0.1) is 0 Å². The molecule has 3 nitrogen and oxygen atoms in total. The highest BCUT2D eigenvalue weighted by Crippen LogP contribution is 2.31. The number of nitrogens with one attached hydrogen (secondary N) is 1. The summed E-state index contributed by atoms with van der Waals surface area (Å²) in [5, 5.41) is 2.85. The fourth-order valence-electron chi connectivity index (χ4n) is 2.00. The van der Waals surface area contributed by atoms with Gasteiger partial charge in [-0.05, 0) is 25.5 Å². The first-order chi connectivity index (χ1) is 7.66. The van der Waals surface area contributed by atoms with Gasteiger partial charge in [0.05, 0.1) is 6.10 Å². The fourth-order valence-corrected chi connectivity index (χ4v) is 2.00. The van der Waals surface area contributed by atoms with Crippen LogP contribution >= 0.6 is 0 Å². The van der Waals surface area contributed by atoms with Gasteiger partial charge in [0.1, 0.15) is 5.75 Å². The van der Waals surface area contributed by atoms with Crippen LogP contribution < -0.4 is 10.1 Å². The molecule has 0 radical (unpaired) electrons. The maximum Gasteiger partial charge on any atom is 0.220 e. The first-order valence-corrected chi connectivity index (χ1v) is 5.69. The van der Waals surface area contributed by atoms with Crippen molar-refractivity contribution in [2.45, 2.75) is 32.3 Å². The number of para-hydroxylation sites is 1. The lowest BCUT2D eigenvalue weighted by Crippen LogP contribution is -2.14. The minimum absolute atomic E-state index is 0.129. The normalized spacial score (nSPS) is 19.9. The molecule has 1 fully saturated rings. The number of amides is 1. The topological polar surface area (TPSA) is 38.3 Å². The number of hydrogen-bond donors (Lipinski definition) is 1. The maximum absolute atomic E-state index is 11.2. The third-order valence-electron chi connectivity index (χ3n) is 2.70. The van der Waals surface area contributed by atoms with Gasteiger partial charge < -0.3 is 10.1 Å². The van der Waals surface area contributed by atoms with Crippen molar-refractivity contribution in [2.24, 2.45) is 0 Å². The van der Waals surface area contributed by atoms with Gasteiger partial charge >= 0.3 is 0 Å². The minimum atomic E-state index is 0.129. The number of hydrogen-bond acceptors (Lipinski definition) is 2. The van der Waals surface area contributed by atoms with Crippen LogP contribution in [0.2, 0.25) is 0 Å². The number of carbonyl (C=O) groups excluding carboxylic acids is 1. The zero-order valence-corrected chi connectivity index (χ0v) is 9.69. The standard InChI is InChI=1S/C13H17NO2/c1-9(2)16-12-6-4-3-5-11(12)10-7-13(15)14-8-10/h3-6,9-10H,7-8H2,1-2H3,(H,14,15). The van der Waals surface area contributed by atoms with E-state index in [0.29, 0.717) is 6.42 Å². The van der Waals surface area contributed by atoms with Crippen LogP contribution in [0.4, 0.5) is 0 Å².